The van der Waals surface area contributed by atoms with Gasteiger partial charge >= 0.3 is 0 Å². The van der Waals surface area contributed by atoms with Crippen LogP contribution in [0.1, 0.15) is 11.1 Å². The summed E-state index contributed by atoms with van der Waals surface area (Å²) in [6.45, 7) is 0.307. The Hall–Kier alpha value is -1.09. The van der Waals surface area contributed by atoms with Gasteiger partial charge in [-0.15, -0.1) is 11.6 Å². The molecule has 0 saturated heterocycles. The van der Waals surface area contributed by atoms with E-state index >= 15 is 0 Å². The lowest BCUT2D eigenvalue weighted by atomic mass is 10.2. The Morgan fingerprint density at radius 1 is 1.00 bits per heavy atom. The van der Waals surface area contributed by atoms with E-state index in [1.807, 2.05) is 18.2 Å². The van der Waals surface area contributed by atoms with Crippen molar-refractivity contribution in [2.45, 2.75) is 12.5 Å². The summed E-state index contributed by atoms with van der Waals surface area (Å²) in [5.74, 6) is 1.69. The molecule has 0 unspecified atom stereocenters. The molecule has 0 aromatic heterocycles. The van der Waals surface area contributed by atoms with Crippen LogP contribution in [0.3, 0.4) is 0 Å². The fourth-order valence-electron chi connectivity index (χ4n) is 1.73. The molecule has 0 saturated carbocycles. The number of benzene rings is 2. The van der Waals surface area contributed by atoms with Gasteiger partial charge < -0.3 is 9.47 Å². The Morgan fingerprint density at radius 2 is 1.80 bits per heavy atom. The van der Waals surface area contributed by atoms with E-state index in [4.69, 9.17) is 44.3 Å². The van der Waals surface area contributed by atoms with Crippen LogP contribution in [0, 0.1) is 0 Å². The molecule has 0 aliphatic heterocycles. The standard InChI is InChI=1S/C15H13Cl3O2/c1-19-14-5-2-10(8-16)6-15(14)20-9-11-7-12(17)3-4-13(11)18/h2-7H,8-9H2,1H3. The van der Waals surface area contributed by atoms with Crippen LogP contribution in [0.15, 0.2) is 36.4 Å². The summed E-state index contributed by atoms with van der Waals surface area (Å²) in [6.07, 6.45) is 0. The van der Waals surface area contributed by atoms with Crippen LogP contribution >= 0.6 is 34.8 Å². The van der Waals surface area contributed by atoms with Crippen molar-refractivity contribution in [1.82, 2.24) is 0 Å². The zero-order valence-corrected chi connectivity index (χ0v) is 13.1. The number of hydrogen-bond acceptors (Lipinski definition) is 2. The lowest BCUT2D eigenvalue weighted by Crippen LogP contribution is -1.99. The van der Waals surface area contributed by atoms with Crippen molar-refractivity contribution < 1.29 is 9.47 Å². The van der Waals surface area contributed by atoms with Crippen molar-refractivity contribution >= 4 is 34.8 Å². The van der Waals surface area contributed by atoms with E-state index in [1.54, 1.807) is 25.3 Å². The third-order valence-electron chi connectivity index (χ3n) is 2.77. The summed E-state index contributed by atoms with van der Waals surface area (Å²) in [5.41, 5.74) is 1.78. The van der Waals surface area contributed by atoms with Crippen molar-refractivity contribution in [3.05, 3.63) is 57.6 Å². The predicted octanol–water partition coefficient (Wildman–Crippen LogP) is 5.32. The normalized spacial score (nSPS) is 10.4. The quantitative estimate of drug-likeness (QED) is 0.690. The predicted molar refractivity (Wildman–Crippen MR) is 83.3 cm³/mol. The highest BCUT2D eigenvalue weighted by Gasteiger charge is 2.08. The van der Waals surface area contributed by atoms with E-state index in [9.17, 15) is 0 Å². The van der Waals surface area contributed by atoms with E-state index < -0.39 is 0 Å². The maximum atomic E-state index is 6.10. The van der Waals surface area contributed by atoms with Gasteiger partial charge in [0.1, 0.15) is 6.61 Å². The topological polar surface area (TPSA) is 18.5 Å². The molecule has 0 radical (unpaired) electrons. The second kappa shape index (κ2) is 7.07. The first-order valence-corrected chi connectivity index (χ1v) is 7.22. The summed E-state index contributed by atoms with van der Waals surface area (Å²) >= 11 is 17.9. The van der Waals surface area contributed by atoms with Crippen molar-refractivity contribution in [1.29, 1.82) is 0 Å². The van der Waals surface area contributed by atoms with E-state index in [1.165, 1.54) is 0 Å². The van der Waals surface area contributed by atoms with Gasteiger partial charge in [-0.2, -0.15) is 0 Å². The average Bonchev–Trinajstić information content (AvgIpc) is 2.47. The third-order valence-corrected chi connectivity index (χ3v) is 3.69. The smallest absolute Gasteiger partial charge is 0.161 e. The Kier molecular flexibility index (Phi) is 5.41. The van der Waals surface area contributed by atoms with Crippen molar-refractivity contribution in [3.63, 3.8) is 0 Å². The third kappa shape index (κ3) is 3.72. The van der Waals surface area contributed by atoms with Crippen LogP contribution < -0.4 is 9.47 Å². The minimum absolute atomic E-state index is 0.307. The first-order chi connectivity index (χ1) is 9.63. The van der Waals surface area contributed by atoms with Gasteiger partial charge in [0.2, 0.25) is 0 Å². The zero-order chi connectivity index (χ0) is 14.5. The molecule has 5 heteroatoms. The minimum Gasteiger partial charge on any atom is -0.493 e. The van der Waals surface area contributed by atoms with Gasteiger partial charge in [-0.05, 0) is 35.9 Å². The fraction of sp³-hybridized carbons (Fsp3) is 0.200. The van der Waals surface area contributed by atoms with Gasteiger partial charge in [0.05, 0.1) is 7.11 Å². The Labute approximate surface area is 133 Å². The Morgan fingerprint density at radius 3 is 2.50 bits per heavy atom. The molecule has 2 aromatic rings. The van der Waals surface area contributed by atoms with Gasteiger partial charge in [0.15, 0.2) is 11.5 Å². The molecule has 106 valence electrons. The van der Waals surface area contributed by atoms with Crippen LogP contribution in [-0.4, -0.2) is 7.11 Å². The van der Waals surface area contributed by atoms with Gasteiger partial charge in [-0.1, -0.05) is 29.3 Å². The van der Waals surface area contributed by atoms with E-state index in [0.29, 0.717) is 34.0 Å². The monoisotopic (exact) mass is 330 g/mol. The van der Waals surface area contributed by atoms with Crippen LogP contribution in [0.4, 0.5) is 0 Å². The number of halogens is 3. The Balaban J connectivity index is 2.19. The minimum atomic E-state index is 0.307. The number of hydrogen-bond donors (Lipinski definition) is 0. The van der Waals surface area contributed by atoms with Gasteiger partial charge in [-0.3, -0.25) is 0 Å². The van der Waals surface area contributed by atoms with Crippen molar-refractivity contribution in [2.75, 3.05) is 7.11 Å². The number of rotatable bonds is 5. The highest BCUT2D eigenvalue weighted by atomic mass is 35.5. The second-order valence-corrected chi connectivity index (χ2v) is 5.25. The molecular weight excluding hydrogens is 319 g/mol. The summed E-state index contributed by atoms with van der Waals surface area (Å²) < 4.78 is 11.0. The summed E-state index contributed by atoms with van der Waals surface area (Å²) in [7, 11) is 1.59. The maximum absolute atomic E-state index is 6.10. The SMILES string of the molecule is COc1ccc(CCl)cc1OCc1cc(Cl)ccc1Cl. The summed E-state index contributed by atoms with van der Waals surface area (Å²) in [5, 5.41) is 1.23. The van der Waals surface area contributed by atoms with E-state index in [0.717, 1.165) is 11.1 Å². The lowest BCUT2D eigenvalue weighted by Gasteiger charge is -2.12. The first-order valence-electron chi connectivity index (χ1n) is 5.93. The molecule has 0 aliphatic carbocycles. The number of ether oxygens (including phenoxy) is 2. The Bertz CT molecular complexity index is 600. The molecule has 0 aliphatic rings. The van der Waals surface area contributed by atoms with Crippen LogP contribution in [0.5, 0.6) is 11.5 Å². The molecule has 0 fully saturated rings. The molecule has 0 heterocycles. The molecule has 20 heavy (non-hydrogen) atoms. The van der Waals surface area contributed by atoms with Gasteiger partial charge in [0, 0.05) is 21.5 Å². The molecule has 2 rings (SSSR count). The van der Waals surface area contributed by atoms with Gasteiger partial charge in [0.25, 0.3) is 0 Å². The molecule has 0 spiro atoms. The summed E-state index contributed by atoms with van der Waals surface area (Å²) in [4.78, 5) is 0. The molecular formula is C15H13Cl3O2. The van der Waals surface area contributed by atoms with Gasteiger partial charge in [-0.25, -0.2) is 0 Å². The van der Waals surface area contributed by atoms with Crippen LogP contribution in [0.25, 0.3) is 0 Å². The number of alkyl halides is 1. The highest BCUT2D eigenvalue weighted by Crippen LogP contribution is 2.30. The molecule has 0 atom stereocenters. The van der Waals surface area contributed by atoms with Crippen molar-refractivity contribution in [3.8, 4) is 11.5 Å². The second-order valence-electron chi connectivity index (χ2n) is 4.14. The van der Waals surface area contributed by atoms with Crippen LogP contribution in [-0.2, 0) is 12.5 Å². The lowest BCUT2D eigenvalue weighted by molar-refractivity contribution is 0.284. The van der Waals surface area contributed by atoms with E-state index in [-0.39, 0.29) is 0 Å². The first kappa shape index (κ1) is 15.3. The molecule has 0 amide bonds. The zero-order valence-electron chi connectivity index (χ0n) is 10.8. The largest absolute Gasteiger partial charge is 0.493 e. The maximum Gasteiger partial charge on any atom is 0.161 e. The van der Waals surface area contributed by atoms with E-state index in [2.05, 4.69) is 0 Å². The van der Waals surface area contributed by atoms with Crippen molar-refractivity contribution in [2.24, 2.45) is 0 Å². The molecule has 0 N–H and O–H groups in total. The van der Waals surface area contributed by atoms with Crippen LogP contribution in [0.2, 0.25) is 10.0 Å². The highest BCUT2D eigenvalue weighted by molar-refractivity contribution is 6.33. The molecule has 2 aromatic carbocycles. The molecule has 0 bridgehead atoms. The summed E-state index contributed by atoms with van der Waals surface area (Å²) in [6, 6.07) is 10.8. The average molecular weight is 332 g/mol. The number of methoxy groups -OCH3 is 1. The molecule has 2 nitrogen and oxygen atoms in total. The fourth-order valence-corrected chi connectivity index (χ4v) is 2.26.